The Bertz CT molecular complexity index is 736. The number of benzene rings is 1. The molecule has 3 nitrogen and oxygen atoms in total. The van der Waals surface area contributed by atoms with E-state index in [2.05, 4.69) is 20.9 Å². The van der Waals surface area contributed by atoms with Crippen molar-refractivity contribution in [1.29, 1.82) is 0 Å². The summed E-state index contributed by atoms with van der Waals surface area (Å²) < 4.78 is 2.74. The van der Waals surface area contributed by atoms with Gasteiger partial charge in [-0.05, 0) is 18.2 Å². The van der Waals surface area contributed by atoms with Gasteiger partial charge in [0.05, 0.1) is 5.02 Å². The van der Waals surface area contributed by atoms with Gasteiger partial charge < -0.3 is 5.73 Å². The SMILES string of the molecule is Nc1c(-c2ccccc2Br)nc2c(Cl)cccn12. The van der Waals surface area contributed by atoms with Crippen LogP contribution in [-0.4, -0.2) is 9.38 Å². The normalized spacial score (nSPS) is 11.0. The molecule has 0 saturated heterocycles. The molecule has 0 unspecified atom stereocenters. The van der Waals surface area contributed by atoms with E-state index in [0.29, 0.717) is 16.5 Å². The number of nitrogen functional groups attached to an aromatic ring is 1. The number of hydrogen-bond acceptors (Lipinski definition) is 2. The predicted octanol–water partition coefficient (Wildman–Crippen LogP) is 4.00. The fourth-order valence-corrected chi connectivity index (χ4v) is 2.58. The van der Waals surface area contributed by atoms with E-state index in [1.807, 2.05) is 36.5 Å². The molecule has 1 aromatic carbocycles. The third-order valence-electron chi connectivity index (χ3n) is 2.77. The predicted molar refractivity (Wildman–Crippen MR) is 77.8 cm³/mol. The minimum Gasteiger partial charge on any atom is -0.383 e. The molecular weight excluding hydrogens is 314 g/mol. The van der Waals surface area contributed by atoms with Crippen LogP contribution in [0.1, 0.15) is 0 Å². The number of aromatic nitrogens is 2. The zero-order chi connectivity index (χ0) is 12.7. The van der Waals surface area contributed by atoms with Crippen LogP contribution in [0.4, 0.5) is 5.82 Å². The van der Waals surface area contributed by atoms with Crippen molar-refractivity contribution in [2.45, 2.75) is 0 Å². The summed E-state index contributed by atoms with van der Waals surface area (Å²) in [4.78, 5) is 4.52. The molecule has 0 bridgehead atoms. The molecule has 0 atom stereocenters. The lowest BCUT2D eigenvalue weighted by molar-refractivity contribution is 1.20. The van der Waals surface area contributed by atoms with E-state index in [4.69, 9.17) is 17.3 Å². The molecule has 2 N–H and O–H groups in total. The third kappa shape index (κ3) is 1.69. The highest BCUT2D eigenvalue weighted by Crippen LogP contribution is 2.33. The maximum atomic E-state index is 6.13. The summed E-state index contributed by atoms with van der Waals surface area (Å²) in [5, 5.41) is 0.586. The smallest absolute Gasteiger partial charge is 0.157 e. The van der Waals surface area contributed by atoms with Gasteiger partial charge in [0.2, 0.25) is 0 Å². The standard InChI is InChI=1S/C13H9BrClN3/c14-9-5-2-1-4-8(9)11-12(16)18-7-3-6-10(15)13(18)17-11/h1-7H,16H2. The lowest BCUT2D eigenvalue weighted by Crippen LogP contribution is -1.94. The molecule has 0 saturated carbocycles. The molecule has 18 heavy (non-hydrogen) atoms. The fourth-order valence-electron chi connectivity index (χ4n) is 1.90. The van der Waals surface area contributed by atoms with Gasteiger partial charge in [-0.1, -0.05) is 45.7 Å². The number of imidazole rings is 1. The maximum absolute atomic E-state index is 6.13. The largest absolute Gasteiger partial charge is 0.383 e. The van der Waals surface area contributed by atoms with Gasteiger partial charge >= 0.3 is 0 Å². The van der Waals surface area contributed by atoms with Crippen molar-refractivity contribution in [2.75, 3.05) is 5.73 Å². The van der Waals surface area contributed by atoms with Crippen LogP contribution in [0, 0.1) is 0 Å². The summed E-state index contributed by atoms with van der Waals surface area (Å²) in [7, 11) is 0. The van der Waals surface area contributed by atoms with Gasteiger partial charge in [-0.25, -0.2) is 4.98 Å². The van der Waals surface area contributed by atoms with E-state index in [9.17, 15) is 0 Å². The highest BCUT2D eigenvalue weighted by atomic mass is 79.9. The average Bonchev–Trinajstić information content (AvgIpc) is 2.70. The minimum atomic E-state index is 0.583. The first kappa shape index (κ1) is 11.6. The molecular formula is C13H9BrClN3. The molecule has 2 aromatic heterocycles. The third-order valence-corrected chi connectivity index (χ3v) is 3.75. The Balaban J connectivity index is 2.35. The molecule has 5 heteroatoms. The van der Waals surface area contributed by atoms with E-state index in [1.165, 1.54) is 0 Å². The van der Waals surface area contributed by atoms with Crippen LogP contribution < -0.4 is 5.73 Å². The molecule has 0 radical (unpaired) electrons. The van der Waals surface area contributed by atoms with Crippen LogP contribution >= 0.6 is 27.5 Å². The van der Waals surface area contributed by atoms with Crippen molar-refractivity contribution in [1.82, 2.24) is 9.38 Å². The van der Waals surface area contributed by atoms with Crippen LogP contribution in [0.5, 0.6) is 0 Å². The Morgan fingerprint density at radius 2 is 1.94 bits per heavy atom. The van der Waals surface area contributed by atoms with Crippen molar-refractivity contribution in [3.05, 3.63) is 52.1 Å². The first-order valence-electron chi connectivity index (χ1n) is 5.35. The van der Waals surface area contributed by atoms with Crippen LogP contribution in [0.15, 0.2) is 47.1 Å². The van der Waals surface area contributed by atoms with Gasteiger partial charge in [-0.3, -0.25) is 4.40 Å². The summed E-state index contributed by atoms with van der Waals surface area (Å²) in [6, 6.07) is 11.5. The number of anilines is 1. The molecule has 0 aliphatic rings. The topological polar surface area (TPSA) is 43.3 Å². The zero-order valence-electron chi connectivity index (χ0n) is 9.27. The van der Waals surface area contributed by atoms with E-state index in [-0.39, 0.29) is 0 Å². The van der Waals surface area contributed by atoms with Gasteiger partial charge in [0.25, 0.3) is 0 Å². The summed E-state index contributed by atoms with van der Waals surface area (Å²) in [6.07, 6.45) is 1.85. The number of nitrogens with two attached hydrogens (primary N) is 1. The van der Waals surface area contributed by atoms with Crippen molar-refractivity contribution in [2.24, 2.45) is 0 Å². The lowest BCUT2D eigenvalue weighted by atomic mass is 10.1. The molecule has 2 heterocycles. The second-order valence-corrected chi connectivity index (χ2v) is 5.14. The van der Waals surface area contributed by atoms with Crippen LogP contribution in [0.2, 0.25) is 5.02 Å². The number of rotatable bonds is 1. The molecule has 0 aliphatic carbocycles. The van der Waals surface area contributed by atoms with Gasteiger partial charge in [-0.15, -0.1) is 0 Å². The molecule has 3 rings (SSSR count). The van der Waals surface area contributed by atoms with Crippen LogP contribution in [-0.2, 0) is 0 Å². The number of fused-ring (bicyclic) bond motifs is 1. The Hall–Kier alpha value is -1.52. The van der Waals surface area contributed by atoms with Crippen molar-refractivity contribution in [3.8, 4) is 11.3 Å². The Morgan fingerprint density at radius 3 is 2.67 bits per heavy atom. The van der Waals surface area contributed by atoms with Crippen molar-refractivity contribution >= 4 is 39.0 Å². The van der Waals surface area contributed by atoms with E-state index in [1.54, 1.807) is 10.5 Å². The second-order valence-electron chi connectivity index (χ2n) is 3.88. The molecule has 3 aromatic rings. The monoisotopic (exact) mass is 321 g/mol. The van der Waals surface area contributed by atoms with Crippen LogP contribution in [0.3, 0.4) is 0 Å². The van der Waals surface area contributed by atoms with E-state index >= 15 is 0 Å². The highest BCUT2D eigenvalue weighted by Gasteiger charge is 2.14. The fraction of sp³-hybridized carbons (Fsp3) is 0. The maximum Gasteiger partial charge on any atom is 0.157 e. The average molecular weight is 323 g/mol. The van der Waals surface area contributed by atoms with E-state index in [0.717, 1.165) is 15.7 Å². The molecule has 0 spiro atoms. The summed E-state index contributed by atoms with van der Waals surface area (Å²) in [5.41, 5.74) is 8.48. The lowest BCUT2D eigenvalue weighted by Gasteiger charge is -2.01. The minimum absolute atomic E-state index is 0.583. The Morgan fingerprint density at radius 1 is 1.17 bits per heavy atom. The van der Waals surface area contributed by atoms with Crippen molar-refractivity contribution in [3.63, 3.8) is 0 Å². The number of pyridine rings is 1. The van der Waals surface area contributed by atoms with Gasteiger partial charge in [-0.2, -0.15) is 0 Å². The number of nitrogens with zero attached hydrogens (tertiary/aromatic N) is 2. The van der Waals surface area contributed by atoms with Crippen LogP contribution in [0.25, 0.3) is 16.9 Å². The number of halogens is 2. The molecule has 0 aliphatic heterocycles. The van der Waals surface area contributed by atoms with Gasteiger partial charge in [0.15, 0.2) is 5.65 Å². The summed E-state index contributed by atoms with van der Waals surface area (Å²) in [6.45, 7) is 0. The quantitative estimate of drug-likeness (QED) is 0.736. The Kier molecular flexibility index (Phi) is 2.76. The summed E-state index contributed by atoms with van der Waals surface area (Å²) >= 11 is 9.62. The first-order chi connectivity index (χ1) is 8.68. The highest BCUT2D eigenvalue weighted by molar-refractivity contribution is 9.10. The van der Waals surface area contributed by atoms with E-state index < -0.39 is 0 Å². The van der Waals surface area contributed by atoms with Gasteiger partial charge in [0, 0.05) is 16.2 Å². The van der Waals surface area contributed by atoms with Crippen molar-refractivity contribution < 1.29 is 0 Å². The Labute approximate surface area is 117 Å². The van der Waals surface area contributed by atoms with Gasteiger partial charge in [0.1, 0.15) is 11.5 Å². The second kappa shape index (κ2) is 4.30. The number of hydrogen-bond donors (Lipinski definition) is 1. The zero-order valence-corrected chi connectivity index (χ0v) is 11.6. The first-order valence-corrected chi connectivity index (χ1v) is 6.52. The summed E-state index contributed by atoms with van der Waals surface area (Å²) in [5.74, 6) is 0.583. The molecule has 0 fully saturated rings. The molecule has 0 amide bonds. The molecule has 90 valence electrons.